The number of hydrogen-bond acceptors (Lipinski definition) is 11. The van der Waals surface area contributed by atoms with E-state index < -0.39 is 42.0 Å². The van der Waals surface area contributed by atoms with Crippen LogP contribution in [0.15, 0.2) is 36.4 Å². The van der Waals surface area contributed by atoms with E-state index in [-0.39, 0.29) is 62.2 Å². The summed E-state index contributed by atoms with van der Waals surface area (Å²) in [5, 5.41) is 55.4. The summed E-state index contributed by atoms with van der Waals surface area (Å²) in [4.78, 5) is 53.5. The zero-order valence-electron chi connectivity index (χ0n) is 30.8. The van der Waals surface area contributed by atoms with Crippen molar-refractivity contribution in [2.24, 2.45) is 0 Å². The predicted octanol–water partition coefficient (Wildman–Crippen LogP) is -0.618. The normalized spacial score (nSPS) is 19.0. The number of rotatable bonds is 18. The van der Waals surface area contributed by atoms with Crippen molar-refractivity contribution >= 4 is 23.6 Å². The van der Waals surface area contributed by atoms with Crippen LogP contribution in [0.5, 0.6) is 11.5 Å². The topological polar surface area (TPSA) is 225 Å². The number of hydrogen-bond donors (Lipinski definition) is 11. The molecule has 0 spiro atoms. The van der Waals surface area contributed by atoms with Gasteiger partial charge in [0.15, 0.2) is 0 Å². The van der Waals surface area contributed by atoms with Crippen molar-refractivity contribution < 1.29 is 34.5 Å². The standard InChI is InChI=1S/C37H58N8O7/c1-38-14-6-5-8-27(40-3)20-34(49)42-21-28(46)22-43-35(50)31-19-26-17-24(11-13-33(26)48)23-10-12-32(47)25(16-23)18-30(41-4)37(52)44-29(36(51)45-31)9-7-15-39-2/h10-13,16-17,27-31,38-41,46-48H,5-9,14-15,18-22H2,1-4H3,(H,42,49)(H,43,50)(H,44,52)(H,45,51)/t27-,28?,29-,30-,31-/m0/s1. The lowest BCUT2D eigenvalue weighted by molar-refractivity contribution is -0.132. The monoisotopic (exact) mass is 726 g/mol. The van der Waals surface area contributed by atoms with Gasteiger partial charge >= 0.3 is 0 Å². The van der Waals surface area contributed by atoms with Gasteiger partial charge in [-0.3, -0.25) is 19.2 Å². The van der Waals surface area contributed by atoms with Gasteiger partial charge < -0.3 is 57.9 Å². The largest absolute Gasteiger partial charge is 0.508 e. The molecule has 1 heterocycles. The highest BCUT2D eigenvalue weighted by Crippen LogP contribution is 2.31. The lowest BCUT2D eigenvalue weighted by Crippen LogP contribution is -2.57. The van der Waals surface area contributed by atoms with E-state index in [2.05, 4.69) is 42.5 Å². The first-order chi connectivity index (χ1) is 25.0. The molecule has 4 bridgehead atoms. The van der Waals surface area contributed by atoms with Gasteiger partial charge in [-0.1, -0.05) is 18.6 Å². The van der Waals surface area contributed by atoms with Crippen LogP contribution >= 0.6 is 0 Å². The molecular formula is C37H58N8O7. The smallest absolute Gasteiger partial charge is 0.243 e. The first kappa shape index (κ1) is 42.1. The fraction of sp³-hybridized carbons (Fsp3) is 0.568. The van der Waals surface area contributed by atoms with Crippen LogP contribution in [0.1, 0.15) is 49.7 Å². The molecule has 52 heavy (non-hydrogen) atoms. The van der Waals surface area contributed by atoms with Gasteiger partial charge in [0.2, 0.25) is 23.6 Å². The number of carbonyl (C=O) groups is 4. The second-order valence-electron chi connectivity index (χ2n) is 13.3. The Morgan fingerprint density at radius 2 is 1.42 bits per heavy atom. The number of aromatic hydroxyl groups is 2. The third kappa shape index (κ3) is 13.4. The molecule has 288 valence electrons. The maximum Gasteiger partial charge on any atom is 0.243 e. The van der Waals surface area contributed by atoms with Crippen LogP contribution in [0.4, 0.5) is 0 Å². The number of fused-ring (bicyclic) bond motifs is 5. The van der Waals surface area contributed by atoms with E-state index in [1.54, 1.807) is 44.4 Å². The van der Waals surface area contributed by atoms with Crippen molar-refractivity contribution in [3.05, 3.63) is 47.5 Å². The van der Waals surface area contributed by atoms with Crippen LogP contribution < -0.4 is 42.5 Å². The maximum absolute atomic E-state index is 13.8. The summed E-state index contributed by atoms with van der Waals surface area (Å²) in [6.07, 6.45) is 2.79. The number of amides is 4. The lowest BCUT2D eigenvalue weighted by Gasteiger charge is -2.25. The van der Waals surface area contributed by atoms with Crippen molar-refractivity contribution in [2.45, 2.75) is 81.6 Å². The first-order valence-corrected chi connectivity index (χ1v) is 18.1. The molecule has 3 rings (SSSR count). The fourth-order valence-electron chi connectivity index (χ4n) is 6.11. The van der Waals surface area contributed by atoms with Crippen molar-refractivity contribution in [3.63, 3.8) is 0 Å². The van der Waals surface area contributed by atoms with Gasteiger partial charge in [-0.2, -0.15) is 0 Å². The van der Waals surface area contributed by atoms with Gasteiger partial charge in [0.05, 0.1) is 12.1 Å². The molecule has 0 aliphatic carbocycles. The Balaban J connectivity index is 1.80. The highest BCUT2D eigenvalue weighted by molar-refractivity contribution is 5.93. The molecule has 4 amide bonds. The highest BCUT2D eigenvalue weighted by atomic mass is 16.3. The van der Waals surface area contributed by atoms with Crippen molar-refractivity contribution in [3.8, 4) is 22.6 Å². The molecule has 0 saturated carbocycles. The second-order valence-corrected chi connectivity index (χ2v) is 13.3. The number of aliphatic hydroxyl groups excluding tert-OH is 1. The third-order valence-corrected chi connectivity index (χ3v) is 9.31. The fourth-order valence-corrected chi connectivity index (χ4v) is 6.11. The summed E-state index contributed by atoms with van der Waals surface area (Å²) in [5.41, 5.74) is 2.30. The molecule has 2 aromatic rings. The summed E-state index contributed by atoms with van der Waals surface area (Å²) in [5.74, 6) is -1.96. The van der Waals surface area contributed by atoms with E-state index in [1.807, 2.05) is 14.1 Å². The number of phenolic OH excluding ortho intramolecular Hbond substituents is 2. The Morgan fingerprint density at radius 1 is 0.808 bits per heavy atom. The zero-order valence-corrected chi connectivity index (χ0v) is 30.8. The van der Waals surface area contributed by atoms with Crippen molar-refractivity contribution in [2.75, 3.05) is 54.4 Å². The minimum Gasteiger partial charge on any atom is -0.508 e. The van der Waals surface area contributed by atoms with E-state index in [1.165, 1.54) is 6.07 Å². The van der Waals surface area contributed by atoms with E-state index >= 15 is 0 Å². The number of benzene rings is 2. The molecule has 15 heteroatoms. The quantitative estimate of drug-likeness (QED) is 0.0869. The summed E-state index contributed by atoms with van der Waals surface area (Å²) < 4.78 is 0. The van der Waals surface area contributed by atoms with Gasteiger partial charge in [-0.05, 0) is 113 Å². The molecule has 0 aromatic heterocycles. The Hall–Kier alpha value is -4.28. The summed E-state index contributed by atoms with van der Waals surface area (Å²) in [7, 11) is 7.11. The summed E-state index contributed by atoms with van der Waals surface area (Å²) in [6, 6.07) is 6.97. The molecule has 2 aromatic carbocycles. The Bertz CT molecular complexity index is 1480. The van der Waals surface area contributed by atoms with Gasteiger partial charge in [0, 0.05) is 38.4 Å². The Kier molecular flexibility index (Phi) is 17.8. The number of likely N-dealkylation sites (N-methyl/N-ethyl adjacent to an activating group) is 1. The van der Waals surface area contributed by atoms with Crippen LogP contribution in [0.2, 0.25) is 0 Å². The van der Waals surface area contributed by atoms with E-state index in [4.69, 9.17) is 0 Å². The number of carbonyl (C=O) groups excluding carboxylic acids is 4. The van der Waals surface area contributed by atoms with Gasteiger partial charge in [-0.15, -0.1) is 0 Å². The molecule has 11 N–H and O–H groups in total. The summed E-state index contributed by atoms with van der Waals surface area (Å²) >= 11 is 0. The average Bonchev–Trinajstić information content (AvgIpc) is 3.13. The van der Waals surface area contributed by atoms with Crippen LogP contribution in [-0.4, -0.2) is 124 Å². The molecule has 1 unspecified atom stereocenters. The van der Waals surface area contributed by atoms with Gasteiger partial charge in [0.1, 0.15) is 23.6 Å². The van der Waals surface area contributed by atoms with Crippen LogP contribution in [0.3, 0.4) is 0 Å². The predicted molar refractivity (Wildman–Crippen MR) is 200 cm³/mol. The Morgan fingerprint density at radius 3 is 2.04 bits per heavy atom. The molecule has 0 fully saturated rings. The summed E-state index contributed by atoms with van der Waals surface area (Å²) in [6.45, 7) is 1.20. The number of unbranched alkanes of at least 4 members (excludes halogenated alkanes) is 1. The molecule has 0 saturated heterocycles. The average molecular weight is 727 g/mol. The van der Waals surface area contributed by atoms with Crippen LogP contribution in [0, 0.1) is 0 Å². The lowest BCUT2D eigenvalue weighted by atomic mass is 9.95. The number of nitrogens with one attached hydrogen (secondary N) is 8. The number of phenols is 2. The maximum atomic E-state index is 13.8. The SMILES string of the molecule is CNCCCC[C@@H](CC(=O)NCC(O)CNC(=O)[C@@H]1Cc2cc(ccc2O)-c2ccc(O)c(c2)C[C@H](NC)C(=O)N[C@@H](CCCNC)C(=O)N1)NC. The van der Waals surface area contributed by atoms with Crippen molar-refractivity contribution in [1.29, 1.82) is 0 Å². The zero-order chi connectivity index (χ0) is 38.0. The highest BCUT2D eigenvalue weighted by Gasteiger charge is 2.30. The number of aliphatic hydroxyl groups is 1. The third-order valence-electron chi connectivity index (χ3n) is 9.31. The molecule has 5 atom stereocenters. The minimum atomic E-state index is -1.20. The molecule has 0 radical (unpaired) electrons. The van der Waals surface area contributed by atoms with E-state index in [9.17, 15) is 34.5 Å². The van der Waals surface area contributed by atoms with E-state index in [0.29, 0.717) is 35.2 Å². The second kappa shape index (κ2) is 21.9. The molecule has 15 nitrogen and oxygen atoms in total. The van der Waals surface area contributed by atoms with Crippen LogP contribution in [0.25, 0.3) is 11.1 Å². The van der Waals surface area contributed by atoms with Gasteiger partial charge in [-0.25, -0.2) is 0 Å². The van der Waals surface area contributed by atoms with E-state index in [0.717, 1.165) is 25.8 Å². The van der Waals surface area contributed by atoms with Crippen molar-refractivity contribution in [1.82, 2.24) is 42.5 Å². The minimum absolute atomic E-state index is 0.00145. The molecular weight excluding hydrogens is 668 g/mol. The first-order valence-electron chi connectivity index (χ1n) is 18.1. The molecule has 1 aliphatic heterocycles. The Labute approximate surface area is 306 Å². The van der Waals surface area contributed by atoms with Gasteiger partial charge in [0.25, 0.3) is 0 Å². The van der Waals surface area contributed by atoms with Crippen LogP contribution in [-0.2, 0) is 32.0 Å². The molecule has 1 aliphatic rings.